The Hall–Kier alpha value is -2.38. The quantitative estimate of drug-likeness (QED) is 0.772. The number of morpholine rings is 1. The number of nitrogens with zero attached hydrogens (tertiary/aromatic N) is 3. The average molecular weight is 384 g/mol. The molecule has 28 heavy (non-hydrogen) atoms. The van der Waals surface area contributed by atoms with Crippen LogP contribution in [0.1, 0.15) is 39.7 Å². The van der Waals surface area contributed by atoms with Crippen molar-refractivity contribution in [3.63, 3.8) is 0 Å². The highest BCUT2D eigenvalue weighted by Gasteiger charge is 2.31. The normalized spacial score (nSPS) is 19.5. The van der Waals surface area contributed by atoms with E-state index in [1.54, 1.807) is 0 Å². The van der Waals surface area contributed by atoms with Gasteiger partial charge in [0.05, 0.1) is 26.3 Å². The van der Waals surface area contributed by atoms with Gasteiger partial charge in [-0.2, -0.15) is 5.10 Å². The Morgan fingerprint density at radius 3 is 2.93 bits per heavy atom. The zero-order valence-corrected chi connectivity index (χ0v) is 16.4. The molecule has 1 amide bonds. The maximum Gasteiger partial charge on any atom is 0.274 e. The van der Waals surface area contributed by atoms with Crippen molar-refractivity contribution in [1.82, 2.24) is 20.0 Å². The minimum Gasteiger partial charge on any atom is -0.465 e. The molecule has 2 aromatic heterocycles. The Morgan fingerprint density at radius 2 is 2.21 bits per heavy atom. The number of furan rings is 1. The van der Waals surface area contributed by atoms with Gasteiger partial charge in [0.15, 0.2) is 5.69 Å². The summed E-state index contributed by atoms with van der Waals surface area (Å²) in [7, 11) is 0. The Morgan fingerprint density at radius 1 is 1.39 bits per heavy atom. The number of hydrogen-bond acceptors (Lipinski definition) is 5. The molecule has 1 aliphatic heterocycles. The van der Waals surface area contributed by atoms with Crippen molar-refractivity contribution < 1.29 is 13.9 Å². The number of carbonyl (C=O) groups is 1. The summed E-state index contributed by atoms with van der Waals surface area (Å²) in [5, 5.41) is 8.26. The second kappa shape index (κ2) is 8.32. The Bertz CT molecular complexity index is 848. The number of nitrogens with one attached hydrogen (secondary N) is 1. The molecule has 150 valence electrons. The summed E-state index contributed by atoms with van der Waals surface area (Å²) in [5.74, 6) is 1.88. The van der Waals surface area contributed by atoms with Gasteiger partial charge in [-0.05, 0) is 38.3 Å². The smallest absolute Gasteiger partial charge is 0.274 e. The van der Waals surface area contributed by atoms with Gasteiger partial charge in [0.25, 0.3) is 5.91 Å². The van der Waals surface area contributed by atoms with Gasteiger partial charge in [-0.25, -0.2) is 0 Å². The average Bonchev–Trinajstić information content (AvgIpc) is 3.30. The van der Waals surface area contributed by atoms with Gasteiger partial charge >= 0.3 is 0 Å². The fraction of sp³-hybridized carbons (Fsp3) is 0.524. The molecule has 1 fully saturated rings. The van der Waals surface area contributed by atoms with E-state index in [-0.39, 0.29) is 5.91 Å². The lowest BCUT2D eigenvalue weighted by Crippen LogP contribution is -2.41. The molecule has 7 nitrogen and oxygen atoms in total. The summed E-state index contributed by atoms with van der Waals surface area (Å²) in [6.07, 6.45) is 4.56. The number of hydrogen-bond donors (Lipinski definition) is 1. The molecule has 0 bridgehead atoms. The van der Waals surface area contributed by atoms with Gasteiger partial charge < -0.3 is 19.4 Å². The molecular weight excluding hydrogens is 356 g/mol. The summed E-state index contributed by atoms with van der Waals surface area (Å²) in [4.78, 5) is 15.0. The molecule has 7 heteroatoms. The third-order valence-corrected chi connectivity index (χ3v) is 5.51. The van der Waals surface area contributed by atoms with Crippen LogP contribution in [0.15, 0.2) is 29.2 Å². The van der Waals surface area contributed by atoms with Crippen LogP contribution in [0.4, 0.5) is 0 Å². The van der Waals surface area contributed by atoms with E-state index < -0.39 is 0 Å². The number of aryl methyl sites for hydroxylation is 1. The molecule has 1 N–H and O–H groups in total. The van der Waals surface area contributed by atoms with E-state index in [1.807, 2.05) is 34.7 Å². The molecule has 0 spiro atoms. The van der Waals surface area contributed by atoms with Crippen LogP contribution in [0, 0.1) is 6.92 Å². The number of carbonyl (C=O) groups excluding carboxylic acids is 1. The van der Waals surface area contributed by atoms with Crippen molar-refractivity contribution in [1.29, 1.82) is 0 Å². The molecule has 0 saturated carbocycles. The third kappa shape index (κ3) is 3.91. The molecule has 1 aliphatic carbocycles. The van der Waals surface area contributed by atoms with E-state index in [4.69, 9.17) is 9.15 Å². The highest BCUT2D eigenvalue weighted by molar-refractivity contribution is 5.94. The largest absolute Gasteiger partial charge is 0.465 e. The number of aromatic nitrogens is 2. The van der Waals surface area contributed by atoms with Crippen molar-refractivity contribution in [2.45, 2.75) is 45.3 Å². The highest BCUT2D eigenvalue weighted by atomic mass is 16.5. The van der Waals surface area contributed by atoms with Crippen molar-refractivity contribution in [2.24, 2.45) is 0 Å². The summed E-state index contributed by atoms with van der Waals surface area (Å²) >= 11 is 0. The first-order chi connectivity index (χ1) is 13.7. The summed E-state index contributed by atoms with van der Waals surface area (Å²) in [6.45, 7) is 9.54. The van der Waals surface area contributed by atoms with E-state index in [2.05, 4.69) is 17.0 Å². The van der Waals surface area contributed by atoms with Gasteiger partial charge in [0, 0.05) is 30.4 Å². The Kier molecular flexibility index (Phi) is 5.64. The van der Waals surface area contributed by atoms with Crippen LogP contribution >= 0.6 is 0 Å². The third-order valence-electron chi connectivity index (χ3n) is 5.51. The first kappa shape index (κ1) is 19.0. The molecular formula is C21H28N4O3. The number of fused-ring (bicyclic) bond motifs is 1. The van der Waals surface area contributed by atoms with Crippen LogP contribution in [-0.4, -0.2) is 52.9 Å². The molecule has 1 saturated heterocycles. The van der Waals surface area contributed by atoms with Gasteiger partial charge in [-0.3, -0.25) is 9.48 Å². The zero-order valence-electron chi connectivity index (χ0n) is 16.4. The second-order valence-electron chi connectivity index (χ2n) is 7.48. The molecule has 3 heterocycles. The number of rotatable bonds is 6. The fourth-order valence-electron chi connectivity index (χ4n) is 4.05. The van der Waals surface area contributed by atoms with Crippen LogP contribution in [0.5, 0.6) is 0 Å². The minimum atomic E-state index is 0.0182. The Balaban J connectivity index is 1.52. The minimum absolute atomic E-state index is 0.0182. The van der Waals surface area contributed by atoms with Gasteiger partial charge in [-0.1, -0.05) is 6.08 Å². The maximum atomic E-state index is 13.1. The van der Waals surface area contributed by atoms with E-state index in [1.165, 1.54) is 5.69 Å². The zero-order chi connectivity index (χ0) is 19.5. The molecule has 0 unspecified atom stereocenters. The monoisotopic (exact) mass is 384 g/mol. The number of amides is 1. The van der Waals surface area contributed by atoms with Crippen LogP contribution in [0.25, 0.3) is 0 Å². The van der Waals surface area contributed by atoms with Crippen LogP contribution < -0.4 is 5.32 Å². The summed E-state index contributed by atoms with van der Waals surface area (Å²) in [6, 6.07) is 4.29. The Labute approximate surface area is 165 Å². The summed E-state index contributed by atoms with van der Waals surface area (Å²) in [5.41, 5.74) is 2.85. The predicted molar refractivity (Wildman–Crippen MR) is 105 cm³/mol. The molecule has 1 atom stereocenters. The van der Waals surface area contributed by atoms with Crippen LogP contribution in [0.3, 0.4) is 0 Å². The predicted octanol–water partition coefficient (Wildman–Crippen LogP) is 2.09. The molecule has 0 radical (unpaired) electrons. The first-order valence-electron chi connectivity index (χ1n) is 10.0. The van der Waals surface area contributed by atoms with Crippen LogP contribution in [-0.2, 0) is 30.7 Å². The number of ether oxygens (including phenoxy) is 1. The molecule has 4 rings (SSSR count). The van der Waals surface area contributed by atoms with Gasteiger partial charge in [0.1, 0.15) is 11.5 Å². The second-order valence-corrected chi connectivity index (χ2v) is 7.48. The standard InChI is InChI=1S/C21H28N4O3/c1-3-8-25-19-7-5-16(22-14-17-6-4-15(2)28-17)13-18(19)20(23-25)21(26)24-9-11-27-12-10-24/h3-4,6,16,22H,1,5,7-14H2,2H3/t16-/m0/s1. The lowest BCUT2D eigenvalue weighted by Gasteiger charge is -2.27. The van der Waals surface area contributed by atoms with Crippen molar-refractivity contribution >= 4 is 5.91 Å². The highest BCUT2D eigenvalue weighted by Crippen LogP contribution is 2.26. The lowest BCUT2D eigenvalue weighted by molar-refractivity contribution is 0.0297. The topological polar surface area (TPSA) is 72.5 Å². The van der Waals surface area contributed by atoms with Gasteiger partial charge in [-0.15, -0.1) is 6.58 Å². The fourth-order valence-corrected chi connectivity index (χ4v) is 4.05. The maximum absolute atomic E-state index is 13.1. The van der Waals surface area contributed by atoms with Crippen molar-refractivity contribution in [2.75, 3.05) is 26.3 Å². The number of allylic oxidation sites excluding steroid dienone is 1. The van der Waals surface area contributed by atoms with Crippen molar-refractivity contribution in [3.8, 4) is 0 Å². The molecule has 2 aromatic rings. The summed E-state index contributed by atoms with van der Waals surface area (Å²) < 4.78 is 13.0. The van der Waals surface area contributed by atoms with Gasteiger partial charge in [0.2, 0.25) is 0 Å². The van der Waals surface area contributed by atoms with E-state index in [0.29, 0.717) is 51.1 Å². The lowest BCUT2D eigenvalue weighted by atomic mass is 9.91. The SMILES string of the molecule is C=CCn1nc(C(=O)N2CCOCC2)c2c1CC[C@H](NCc1ccc(C)o1)C2. The van der Waals surface area contributed by atoms with E-state index in [0.717, 1.165) is 36.3 Å². The van der Waals surface area contributed by atoms with E-state index >= 15 is 0 Å². The van der Waals surface area contributed by atoms with Crippen LogP contribution in [0.2, 0.25) is 0 Å². The molecule has 2 aliphatic rings. The first-order valence-corrected chi connectivity index (χ1v) is 10.0. The molecule has 0 aromatic carbocycles. The van der Waals surface area contributed by atoms with E-state index in [9.17, 15) is 4.79 Å². The van der Waals surface area contributed by atoms with Crippen molar-refractivity contribution in [3.05, 3.63) is 53.3 Å².